The first-order chi connectivity index (χ1) is 15.6. The molecule has 0 amide bonds. The predicted octanol–water partition coefficient (Wildman–Crippen LogP) is 8.22. The van der Waals surface area contributed by atoms with Gasteiger partial charge in [0.15, 0.2) is 0 Å². The van der Waals surface area contributed by atoms with E-state index in [0.717, 1.165) is 27.8 Å². The Hall–Kier alpha value is -3.46. The third-order valence-electron chi connectivity index (χ3n) is 5.31. The van der Waals surface area contributed by atoms with Crippen LogP contribution in [0.25, 0.3) is 43.4 Å². The number of alkyl halides is 6. The van der Waals surface area contributed by atoms with Gasteiger partial charge in [-0.25, -0.2) is 0 Å². The van der Waals surface area contributed by atoms with Crippen LogP contribution in [0.15, 0.2) is 72.1 Å². The Morgan fingerprint density at radius 1 is 0.636 bits per heavy atom. The van der Waals surface area contributed by atoms with Crippen LogP contribution >= 0.6 is 11.3 Å². The summed E-state index contributed by atoms with van der Waals surface area (Å²) in [7, 11) is 0. The van der Waals surface area contributed by atoms with Crippen LogP contribution in [0.5, 0.6) is 0 Å². The zero-order valence-corrected chi connectivity index (χ0v) is 17.3. The van der Waals surface area contributed by atoms with Crippen molar-refractivity contribution in [2.75, 3.05) is 0 Å². The highest BCUT2D eigenvalue weighted by Gasteiger charge is 2.45. The predicted molar refractivity (Wildman–Crippen MR) is 116 cm³/mol. The van der Waals surface area contributed by atoms with Gasteiger partial charge in [0.1, 0.15) is 11.4 Å². The minimum atomic E-state index is -5.25. The standard InChI is InChI=1S/C24H12F6N2S/c25-23(26,27)18-8-3-7-15(20(18)24(28,29)30)21-16-11-13-5-1-2-6-14(13)12-17(16)22(32-31-21)19-9-4-10-33-19/h1-12H. The van der Waals surface area contributed by atoms with Crippen LogP contribution in [0.2, 0.25) is 0 Å². The van der Waals surface area contributed by atoms with Gasteiger partial charge in [0.2, 0.25) is 0 Å². The van der Waals surface area contributed by atoms with E-state index >= 15 is 0 Å². The van der Waals surface area contributed by atoms with E-state index in [1.807, 2.05) is 17.5 Å². The Balaban J connectivity index is 1.91. The van der Waals surface area contributed by atoms with Gasteiger partial charge in [-0.15, -0.1) is 21.5 Å². The summed E-state index contributed by atoms with van der Waals surface area (Å²) in [6.07, 6.45) is -10.4. The summed E-state index contributed by atoms with van der Waals surface area (Å²) >= 11 is 1.38. The lowest BCUT2D eigenvalue weighted by Crippen LogP contribution is -2.18. The largest absolute Gasteiger partial charge is 0.417 e. The summed E-state index contributed by atoms with van der Waals surface area (Å²) in [6, 6.07) is 16.6. The van der Waals surface area contributed by atoms with Crippen molar-refractivity contribution >= 4 is 32.9 Å². The number of halogens is 6. The van der Waals surface area contributed by atoms with Crippen LogP contribution in [-0.2, 0) is 12.4 Å². The van der Waals surface area contributed by atoms with Gasteiger partial charge >= 0.3 is 12.4 Å². The fourth-order valence-corrected chi connectivity index (χ4v) is 4.65. The molecule has 2 aromatic heterocycles. The number of hydrogen-bond acceptors (Lipinski definition) is 3. The zero-order valence-electron chi connectivity index (χ0n) is 16.5. The molecule has 0 spiro atoms. The molecule has 5 aromatic rings. The summed E-state index contributed by atoms with van der Waals surface area (Å²) in [5, 5.41) is 12.3. The second kappa shape index (κ2) is 7.55. The van der Waals surface area contributed by atoms with Crippen LogP contribution in [-0.4, -0.2) is 10.2 Å². The van der Waals surface area contributed by atoms with E-state index in [0.29, 0.717) is 17.1 Å². The van der Waals surface area contributed by atoms with E-state index in [9.17, 15) is 26.3 Å². The molecule has 2 heterocycles. The smallest absolute Gasteiger partial charge is 0.166 e. The monoisotopic (exact) mass is 474 g/mol. The van der Waals surface area contributed by atoms with Crippen molar-refractivity contribution in [2.45, 2.75) is 12.4 Å². The molecule has 0 unspecified atom stereocenters. The van der Waals surface area contributed by atoms with E-state index in [2.05, 4.69) is 10.2 Å². The van der Waals surface area contributed by atoms with Gasteiger partial charge in [-0.2, -0.15) is 26.3 Å². The third-order valence-corrected chi connectivity index (χ3v) is 6.19. The molecular formula is C24H12F6N2S. The van der Waals surface area contributed by atoms with Gasteiger partial charge in [-0.05, 0) is 40.4 Å². The van der Waals surface area contributed by atoms with Gasteiger partial charge < -0.3 is 0 Å². The zero-order chi connectivity index (χ0) is 23.4. The quantitative estimate of drug-likeness (QED) is 0.190. The van der Waals surface area contributed by atoms with Crippen molar-refractivity contribution in [3.8, 4) is 21.8 Å². The lowest BCUT2D eigenvalue weighted by Gasteiger charge is -2.19. The molecule has 0 aliphatic rings. The Kier molecular flexibility index (Phi) is 4.89. The highest BCUT2D eigenvalue weighted by Crippen LogP contribution is 2.46. The minimum absolute atomic E-state index is 0.255. The topological polar surface area (TPSA) is 25.8 Å². The lowest BCUT2D eigenvalue weighted by atomic mass is 9.93. The molecule has 33 heavy (non-hydrogen) atoms. The summed E-state index contributed by atoms with van der Waals surface area (Å²) in [5.41, 5.74) is -4.00. The molecule has 2 nitrogen and oxygen atoms in total. The third kappa shape index (κ3) is 3.72. The highest BCUT2D eigenvalue weighted by molar-refractivity contribution is 7.13. The number of benzene rings is 3. The fourth-order valence-electron chi connectivity index (χ4n) is 3.93. The maximum Gasteiger partial charge on any atom is 0.417 e. The molecule has 0 saturated heterocycles. The van der Waals surface area contributed by atoms with E-state index in [-0.39, 0.29) is 11.1 Å². The Morgan fingerprint density at radius 2 is 1.27 bits per heavy atom. The van der Waals surface area contributed by atoms with Gasteiger partial charge in [-0.1, -0.05) is 42.5 Å². The maximum absolute atomic E-state index is 13.9. The molecule has 0 saturated carbocycles. The number of thiophene rings is 1. The van der Waals surface area contributed by atoms with Gasteiger partial charge in [0, 0.05) is 16.3 Å². The summed E-state index contributed by atoms with van der Waals surface area (Å²) in [4.78, 5) is 0.745. The molecule has 0 fully saturated rings. The summed E-state index contributed by atoms with van der Waals surface area (Å²) < 4.78 is 82.3. The van der Waals surface area contributed by atoms with E-state index in [4.69, 9.17) is 0 Å². The van der Waals surface area contributed by atoms with Crippen LogP contribution in [0, 0.1) is 0 Å². The molecule has 166 valence electrons. The van der Waals surface area contributed by atoms with E-state index in [1.54, 1.807) is 36.4 Å². The number of hydrogen-bond donors (Lipinski definition) is 0. The van der Waals surface area contributed by atoms with Crippen molar-refractivity contribution < 1.29 is 26.3 Å². The number of nitrogens with zero attached hydrogens (tertiary/aromatic N) is 2. The molecule has 3 aromatic carbocycles. The first-order valence-corrected chi connectivity index (χ1v) is 10.5. The Bertz CT molecular complexity index is 1490. The number of fused-ring (bicyclic) bond motifs is 2. The molecular weight excluding hydrogens is 462 g/mol. The average molecular weight is 474 g/mol. The van der Waals surface area contributed by atoms with E-state index < -0.39 is 29.0 Å². The Morgan fingerprint density at radius 3 is 1.85 bits per heavy atom. The van der Waals surface area contributed by atoms with Crippen LogP contribution in [0.3, 0.4) is 0 Å². The van der Waals surface area contributed by atoms with E-state index in [1.165, 1.54) is 11.3 Å². The second-order valence-corrected chi connectivity index (χ2v) is 8.29. The van der Waals surface area contributed by atoms with Crippen molar-refractivity contribution in [1.29, 1.82) is 0 Å². The first-order valence-electron chi connectivity index (χ1n) is 9.65. The van der Waals surface area contributed by atoms with Crippen LogP contribution in [0.1, 0.15) is 11.1 Å². The van der Waals surface area contributed by atoms with Gasteiger partial charge in [0.05, 0.1) is 16.0 Å². The molecule has 0 radical (unpaired) electrons. The second-order valence-electron chi connectivity index (χ2n) is 7.34. The molecule has 0 aliphatic heterocycles. The number of aromatic nitrogens is 2. The fraction of sp³-hybridized carbons (Fsp3) is 0.0833. The number of rotatable bonds is 2. The van der Waals surface area contributed by atoms with Crippen molar-refractivity contribution in [2.24, 2.45) is 0 Å². The van der Waals surface area contributed by atoms with Crippen LogP contribution in [0.4, 0.5) is 26.3 Å². The Labute approximate surface area is 187 Å². The average Bonchev–Trinajstić information content (AvgIpc) is 3.30. The van der Waals surface area contributed by atoms with Gasteiger partial charge in [-0.3, -0.25) is 0 Å². The SMILES string of the molecule is FC(F)(F)c1cccc(-c2nnc(-c3cccs3)c3cc4ccccc4cc23)c1C(F)(F)F. The molecule has 0 bridgehead atoms. The molecule has 5 rings (SSSR count). The van der Waals surface area contributed by atoms with Gasteiger partial charge in [0.25, 0.3) is 0 Å². The summed E-state index contributed by atoms with van der Waals surface area (Å²) in [5.74, 6) is 0. The summed E-state index contributed by atoms with van der Waals surface area (Å²) in [6.45, 7) is 0. The molecule has 0 atom stereocenters. The molecule has 0 aliphatic carbocycles. The highest BCUT2D eigenvalue weighted by atomic mass is 32.1. The normalized spacial score (nSPS) is 12.5. The molecule has 0 N–H and O–H groups in total. The molecule has 9 heteroatoms. The van der Waals surface area contributed by atoms with Crippen molar-refractivity contribution in [1.82, 2.24) is 10.2 Å². The van der Waals surface area contributed by atoms with Crippen LogP contribution < -0.4 is 0 Å². The van der Waals surface area contributed by atoms with Crippen molar-refractivity contribution in [3.05, 3.63) is 83.2 Å². The first kappa shape index (κ1) is 21.4. The lowest BCUT2D eigenvalue weighted by molar-refractivity contribution is -0.161. The minimum Gasteiger partial charge on any atom is -0.166 e. The van der Waals surface area contributed by atoms with Crippen molar-refractivity contribution in [3.63, 3.8) is 0 Å². The maximum atomic E-state index is 13.9.